The molecule has 4 rings (SSSR count). The molecule has 0 radical (unpaired) electrons. The van der Waals surface area contributed by atoms with Crippen molar-refractivity contribution in [3.05, 3.63) is 29.8 Å². The fraction of sp³-hybridized carbons (Fsp3) is 0.500. The highest BCUT2D eigenvalue weighted by atomic mass is 35.5. The van der Waals surface area contributed by atoms with Crippen LogP contribution >= 0.6 is 12.4 Å². The predicted molar refractivity (Wildman–Crippen MR) is 100 cm³/mol. The highest BCUT2D eigenvalue weighted by molar-refractivity contribution is 6.04. The molecule has 0 spiro atoms. The summed E-state index contributed by atoms with van der Waals surface area (Å²) in [5, 5.41) is 4.70. The Morgan fingerprint density at radius 1 is 1.25 bits per heavy atom. The summed E-state index contributed by atoms with van der Waals surface area (Å²) in [5.41, 5.74) is 4.49. The number of fused-ring (bicyclic) bond motifs is 3. The van der Waals surface area contributed by atoms with E-state index in [-0.39, 0.29) is 12.4 Å². The van der Waals surface area contributed by atoms with Crippen molar-refractivity contribution in [2.75, 3.05) is 33.7 Å². The molecule has 2 aromatic heterocycles. The minimum Gasteiger partial charge on any atom is -0.441 e. The van der Waals surface area contributed by atoms with Crippen LogP contribution in [0, 0.1) is 0 Å². The number of hydrogen-bond donors (Lipinski definition) is 2. The van der Waals surface area contributed by atoms with Crippen LogP contribution in [0.4, 0.5) is 0 Å². The van der Waals surface area contributed by atoms with Crippen LogP contribution in [0.3, 0.4) is 0 Å². The number of aromatic amines is 1. The Balaban J connectivity index is 0.00000169. The van der Waals surface area contributed by atoms with Gasteiger partial charge in [0, 0.05) is 30.1 Å². The van der Waals surface area contributed by atoms with Crippen LogP contribution in [0.5, 0.6) is 0 Å². The molecule has 130 valence electrons. The van der Waals surface area contributed by atoms with Gasteiger partial charge in [0.05, 0.1) is 0 Å². The van der Waals surface area contributed by atoms with Gasteiger partial charge in [-0.1, -0.05) is 0 Å². The molecule has 0 bridgehead atoms. The third-order valence-corrected chi connectivity index (χ3v) is 4.83. The SMILES string of the molecule is CN(C)CCc1nc2c(ccc3[nH]cc(C4CCNCC4)c32)o1.Cl. The van der Waals surface area contributed by atoms with Crippen LogP contribution in [0.15, 0.2) is 22.7 Å². The van der Waals surface area contributed by atoms with E-state index in [1.54, 1.807) is 0 Å². The molecule has 1 aliphatic heterocycles. The van der Waals surface area contributed by atoms with Gasteiger partial charge in [-0.05, 0) is 63.6 Å². The predicted octanol–water partition coefficient (Wildman–Crippen LogP) is 3.30. The normalized spacial score (nSPS) is 16.1. The lowest BCUT2D eigenvalue weighted by Crippen LogP contribution is -2.26. The molecule has 0 aliphatic carbocycles. The van der Waals surface area contributed by atoms with Crippen molar-refractivity contribution in [3.8, 4) is 0 Å². The van der Waals surface area contributed by atoms with Gasteiger partial charge in [0.25, 0.3) is 0 Å². The van der Waals surface area contributed by atoms with Crippen LogP contribution in [-0.4, -0.2) is 48.6 Å². The number of H-pyrrole nitrogens is 1. The van der Waals surface area contributed by atoms with Gasteiger partial charge in [-0.2, -0.15) is 0 Å². The summed E-state index contributed by atoms with van der Waals surface area (Å²) in [6.45, 7) is 3.14. The van der Waals surface area contributed by atoms with E-state index in [9.17, 15) is 0 Å². The van der Waals surface area contributed by atoms with Gasteiger partial charge in [0.15, 0.2) is 11.5 Å². The third-order valence-electron chi connectivity index (χ3n) is 4.83. The van der Waals surface area contributed by atoms with E-state index >= 15 is 0 Å². The molecule has 1 aliphatic rings. The third kappa shape index (κ3) is 3.16. The summed E-state index contributed by atoms with van der Waals surface area (Å²) in [7, 11) is 4.14. The number of aromatic nitrogens is 2. The molecular formula is C18H25ClN4O. The molecule has 6 heteroatoms. The molecule has 1 saturated heterocycles. The van der Waals surface area contributed by atoms with Gasteiger partial charge in [-0.3, -0.25) is 0 Å². The van der Waals surface area contributed by atoms with Gasteiger partial charge in [0.1, 0.15) is 5.52 Å². The first kappa shape index (κ1) is 17.3. The molecule has 0 saturated carbocycles. The van der Waals surface area contributed by atoms with Gasteiger partial charge >= 0.3 is 0 Å². The molecule has 5 nitrogen and oxygen atoms in total. The minimum atomic E-state index is 0. The Bertz CT molecular complexity index is 817. The highest BCUT2D eigenvalue weighted by Crippen LogP contribution is 2.35. The number of halogens is 1. The zero-order valence-electron chi connectivity index (χ0n) is 14.3. The zero-order valence-corrected chi connectivity index (χ0v) is 15.1. The number of rotatable bonds is 4. The average molecular weight is 349 g/mol. The summed E-state index contributed by atoms with van der Waals surface area (Å²) >= 11 is 0. The van der Waals surface area contributed by atoms with E-state index in [0.29, 0.717) is 5.92 Å². The number of nitrogens with one attached hydrogen (secondary N) is 2. The molecule has 1 fully saturated rings. The maximum Gasteiger partial charge on any atom is 0.196 e. The number of benzene rings is 1. The van der Waals surface area contributed by atoms with Crippen LogP contribution in [0.25, 0.3) is 22.0 Å². The Morgan fingerprint density at radius 3 is 2.79 bits per heavy atom. The maximum atomic E-state index is 5.97. The second-order valence-corrected chi connectivity index (χ2v) is 6.76. The first-order valence-electron chi connectivity index (χ1n) is 8.47. The van der Waals surface area contributed by atoms with Crippen LogP contribution in [-0.2, 0) is 6.42 Å². The quantitative estimate of drug-likeness (QED) is 0.759. The molecule has 2 N–H and O–H groups in total. The number of nitrogens with zero attached hydrogens (tertiary/aromatic N) is 2. The largest absolute Gasteiger partial charge is 0.441 e. The molecule has 1 aromatic carbocycles. The van der Waals surface area contributed by atoms with E-state index in [0.717, 1.165) is 43.0 Å². The van der Waals surface area contributed by atoms with Gasteiger partial charge in [-0.15, -0.1) is 12.4 Å². The first-order chi connectivity index (χ1) is 11.2. The smallest absolute Gasteiger partial charge is 0.196 e. The highest BCUT2D eigenvalue weighted by Gasteiger charge is 2.21. The van der Waals surface area contributed by atoms with Crippen molar-refractivity contribution in [3.63, 3.8) is 0 Å². The fourth-order valence-electron chi connectivity index (χ4n) is 3.56. The van der Waals surface area contributed by atoms with Gasteiger partial charge < -0.3 is 19.6 Å². The Hall–Kier alpha value is -1.56. The van der Waals surface area contributed by atoms with Crippen molar-refractivity contribution in [1.29, 1.82) is 0 Å². The number of likely N-dealkylation sites (N-methyl/N-ethyl adjacent to an activating group) is 1. The zero-order chi connectivity index (χ0) is 15.8. The Morgan fingerprint density at radius 2 is 2.04 bits per heavy atom. The minimum absolute atomic E-state index is 0. The van der Waals surface area contributed by atoms with Crippen molar-refractivity contribution < 1.29 is 4.42 Å². The second-order valence-electron chi connectivity index (χ2n) is 6.76. The van der Waals surface area contributed by atoms with Crippen molar-refractivity contribution in [1.82, 2.24) is 20.2 Å². The lowest BCUT2D eigenvalue weighted by molar-refractivity contribution is 0.390. The molecule has 0 amide bonds. The second kappa shape index (κ2) is 7.13. The van der Waals surface area contributed by atoms with Crippen LogP contribution < -0.4 is 5.32 Å². The molecule has 24 heavy (non-hydrogen) atoms. The molecule has 0 atom stereocenters. The molecule has 3 heterocycles. The van der Waals surface area contributed by atoms with Crippen LogP contribution in [0.1, 0.15) is 30.2 Å². The monoisotopic (exact) mass is 348 g/mol. The summed E-state index contributed by atoms with van der Waals surface area (Å²) < 4.78 is 5.97. The summed E-state index contributed by atoms with van der Waals surface area (Å²) in [6, 6.07) is 4.15. The summed E-state index contributed by atoms with van der Waals surface area (Å²) in [6.07, 6.45) is 5.40. The summed E-state index contributed by atoms with van der Waals surface area (Å²) in [4.78, 5) is 10.4. The molecule has 3 aromatic rings. The molecule has 0 unspecified atom stereocenters. The van der Waals surface area contributed by atoms with E-state index in [1.807, 2.05) is 6.07 Å². The average Bonchev–Trinajstić information content (AvgIpc) is 3.16. The van der Waals surface area contributed by atoms with Crippen molar-refractivity contribution in [2.45, 2.75) is 25.2 Å². The fourth-order valence-corrected chi connectivity index (χ4v) is 3.56. The van der Waals surface area contributed by atoms with Gasteiger partial charge in [-0.25, -0.2) is 4.98 Å². The lowest BCUT2D eigenvalue weighted by atomic mass is 9.90. The Kier molecular flexibility index (Phi) is 5.13. The van der Waals surface area contributed by atoms with E-state index in [1.165, 1.54) is 29.3 Å². The van der Waals surface area contributed by atoms with E-state index in [2.05, 4.69) is 41.6 Å². The van der Waals surface area contributed by atoms with Crippen LogP contribution in [0.2, 0.25) is 0 Å². The first-order valence-corrected chi connectivity index (χ1v) is 8.47. The van der Waals surface area contributed by atoms with Crippen molar-refractivity contribution >= 4 is 34.4 Å². The lowest BCUT2D eigenvalue weighted by Gasteiger charge is -2.22. The molecular weight excluding hydrogens is 324 g/mol. The van der Waals surface area contributed by atoms with Crippen molar-refractivity contribution in [2.24, 2.45) is 0 Å². The summed E-state index contributed by atoms with van der Waals surface area (Å²) in [5.74, 6) is 1.44. The van der Waals surface area contributed by atoms with Gasteiger partial charge in [0.2, 0.25) is 0 Å². The topological polar surface area (TPSA) is 57.1 Å². The Labute approximate surface area is 148 Å². The standard InChI is InChI=1S/C18H24N4O.ClH/c1-22(2)10-7-16-21-18-15(23-16)4-3-14-17(18)13(11-20-14)12-5-8-19-9-6-12;/h3-4,11-12,19-20H,5-10H2,1-2H3;1H. The van der Waals surface area contributed by atoms with E-state index in [4.69, 9.17) is 9.40 Å². The number of oxazole rings is 1. The maximum absolute atomic E-state index is 5.97. The number of piperidine rings is 1. The number of hydrogen-bond acceptors (Lipinski definition) is 4. The van der Waals surface area contributed by atoms with E-state index < -0.39 is 0 Å².